The Morgan fingerprint density at radius 2 is 1.88 bits per heavy atom. The van der Waals surface area contributed by atoms with Crippen molar-refractivity contribution >= 4 is 22.9 Å². The van der Waals surface area contributed by atoms with Crippen molar-refractivity contribution in [3.05, 3.63) is 64.4 Å². The lowest BCUT2D eigenvalue weighted by atomic mass is 9.80. The van der Waals surface area contributed by atoms with Crippen LogP contribution in [0.5, 0.6) is 0 Å². The maximum Gasteiger partial charge on any atom is 0.417 e. The molecule has 6 heteroatoms. The molecule has 1 N–H and O–H groups in total. The van der Waals surface area contributed by atoms with Crippen molar-refractivity contribution in [2.45, 2.75) is 75.3 Å². The molecule has 1 atom stereocenters. The first-order chi connectivity index (χ1) is 15.6. The molecule has 1 fully saturated rings. The number of hydrogen-bond acceptors (Lipinski definition) is 4. The molecular formula is C26H33FN2O2S. The summed E-state index contributed by atoms with van der Waals surface area (Å²) in [5.74, 6) is 0.994. The zero-order chi connectivity index (χ0) is 22.5. The topological polar surface area (TPSA) is 49.2 Å². The summed E-state index contributed by atoms with van der Waals surface area (Å²) in [4.78, 5) is 18.0. The van der Waals surface area contributed by atoms with Crippen molar-refractivity contribution in [1.29, 1.82) is 0 Å². The Morgan fingerprint density at radius 1 is 1.12 bits per heavy atom. The molecule has 1 saturated carbocycles. The molecule has 0 aliphatic heterocycles. The number of aromatic amines is 1. The molecule has 2 aromatic carbocycles. The average molecular weight is 457 g/mol. The van der Waals surface area contributed by atoms with Crippen molar-refractivity contribution in [2.75, 3.05) is 12.3 Å². The van der Waals surface area contributed by atoms with Gasteiger partial charge in [0.25, 0.3) is 0 Å². The highest BCUT2D eigenvalue weighted by Gasteiger charge is 2.30. The fourth-order valence-electron chi connectivity index (χ4n) is 5.17. The molecule has 0 bridgehead atoms. The highest BCUT2D eigenvalue weighted by molar-refractivity contribution is 7.99. The molecule has 1 aliphatic carbocycles. The Kier molecular flexibility index (Phi) is 7.74. The molecule has 1 unspecified atom stereocenters. The van der Waals surface area contributed by atoms with E-state index in [-0.39, 0.29) is 11.6 Å². The minimum atomic E-state index is -0.389. The van der Waals surface area contributed by atoms with Gasteiger partial charge < -0.3 is 4.42 Å². The van der Waals surface area contributed by atoms with Gasteiger partial charge in [-0.3, -0.25) is 9.88 Å². The maximum atomic E-state index is 13.2. The lowest BCUT2D eigenvalue weighted by molar-refractivity contribution is 0.111. The van der Waals surface area contributed by atoms with Gasteiger partial charge in [0, 0.05) is 22.7 Å². The van der Waals surface area contributed by atoms with Crippen LogP contribution >= 0.6 is 11.8 Å². The Bertz CT molecular complexity index is 1050. The number of nitrogens with one attached hydrogen (secondary N) is 1. The largest absolute Gasteiger partial charge is 0.417 e. The molecule has 1 aromatic heterocycles. The molecule has 4 rings (SSSR count). The van der Waals surface area contributed by atoms with Gasteiger partial charge in [-0.05, 0) is 86.5 Å². The third-order valence-corrected chi connectivity index (χ3v) is 7.95. The van der Waals surface area contributed by atoms with Crippen LogP contribution in [0.15, 0.2) is 56.6 Å². The van der Waals surface area contributed by atoms with Crippen molar-refractivity contribution in [3.8, 4) is 0 Å². The number of nitrogens with zero attached hydrogens (tertiary/aromatic N) is 1. The highest BCUT2D eigenvalue weighted by atomic mass is 32.2. The van der Waals surface area contributed by atoms with Crippen LogP contribution in [-0.2, 0) is 0 Å². The fraction of sp³-hybridized carbons (Fsp3) is 0.500. The molecule has 1 heterocycles. The Morgan fingerprint density at radius 3 is 2.56 bits per heavy atom. The van der Waals surface area contributed by atoms with Crippen LogP contribution in [0.25, 0.3) is 11.1 Å². The maximum absolute atomic E-state index is 13.2. The number of fused-ring (bicyclic) bond motifs is 1. The van der Waals surface area contributed by atoms with Crippen molar-refractivity contribution in [2.24, 2.45) is 0 Å². The number of thioether (sulfide) groups is 1. The minimum absolute atomic E-state index is 0.177. The van der Waals surface area contributed by atoms with E-state index in [2.05, 4.69) is 29.8 Å². The van der Waals surface area contributed by atoms with E-state index < -0.39 is 0 Å². The van der Waals surface area contributed by atoms with Crippen LogP contribution in [0.2, 0.25) is 0 Å². The first kappa shape index (κ1) is 23.1. The van der Waals surface area contributed by atoms with E-state index in [0.29, 0.717) is 23.6 Å². The summed E-state index contributed by atoms with van der Waals surface area (Å²) in [6, 6.07) is 14.1. The summed E-state index contributed by atoms with van der Waals surface area (Å²) in [6.45, 7) is 5.60. The van der Waals surface area contributed by atoms with Crippen LogP contribution in [0.3, 0.4) is 0 Å². The standard InChI is InChI=1S/C26H33FN2O2S/c1-3-5-22(17-32-23-13-9-20(27)10-14-23)29(4-2)21-11-6-18(7-12-21)19-8-15-24-25(16-19)31-26(30)28-24/h8-10,13-16,18,21-22H,3-7,11-12,17H2,1-2H3,(H,28,30)/t18-,21-,22?. The summed E-state index contributed by atoms with van der Waals surface area (Å²) in [5.41, 5.74) is 2.70. The van der Waals surface area contributed by atoms with Gasteiger partial charge in [-0.15, -0.1) is 11.8 Å². The summed E-state index contributed by atoms with van der Waals surface area (Å²) in [6.07, 6.45) is 7.05. The second kappa shape index (κ2) is 10.7. The molecule has 32 heavy (non-hydrogen) atoms. The summed E-state index contributed by atoms with van der Waals surface area (Å²) in [7, 11) is 0. The van der Waals surface area contributed by atoms with Crippen molar-refractivity contribution < 1.29 is 8.81 Å². The minimum Gasteiger partial charge on any atom is -0.408 e. The number of hydrogen-bond donors (Lipinski definition) is 1. The third-order valence-electron chi connectivity index (χ3n) is 6.79. The van der Waals surface area contributed by atoms with E-state index in [1.54, 1.807) is 12.1 Å². The Labute approximate surface area is 193 Å². The van der Waals surface area contributed by atoms with Crippen LogP contribution in [0, 0.1) is 5.82 Å². The van der Waals surface area contributed by atoms with Gasteiger partial charge in [0.05, 0.1) is 5.52 Å². The molecule has 172 valence electrons. The fourth-order valence-corrected chi connectivity index (χ4v) is 6.24. The molecule has 0 amide bonds. The Balaban J connectivity index is 1.38. The normalized spacial score (nSPS) is 20.1. The van der Waals surface area contributed by atoms with Gasteiger partial charge in [0.2, 0.25) is 0 Å². The lowest BCUT2D eigenvalue weighted by Crippen LogP contribution is -2.45. The van der Waals surface area contributed by atoms with Crippen LogP contribution in [-0.4, -0.2) is 34.3 Å². The Hall–Kier alpha value is -2.05. The summed E-state index contributed by atoms with van der Waals surface area (Å²) >= 11 is 1.84. The SMILES string of the molecule is CCCC(CSc1ccc(F)cc1)N(CC)[C@H]1CC[C@H](c2ccc3[nH]c(=O)oc3c2)CC1. The number of rotatable bonds is 9. The van der Waals surface area contributed by atoms with Gasteiger partial charge in [-0.2, -0.15) is 0 Å². The molecule has 0 saturated heterocycles. The van der Waals surface area contributed by atoms with Gasteiger partial charge in [-0.25, -0.2) is 9.18 Å². The average Bonchev–Trinajstić information content (AvgIpc) is 3.18. The monoisotopic (exact) mass is 456 g/mol. The number of aromatic nitrogens is 1. The van der Waals surface area contributed by atoms with E-state index in [0.717, 1.165) is 35.6 Å². The van der Waals surface area contributed by atoms with E-state index in [1.165, 1.54) is 31.2 Å². The number of benzene rings is 2. The highest BCUT2D eigenvalue weighted by Crippen LogP contribution is 2.37. The van der Waals surface area contributed by atoms with Gasteiger partial charge >= 0.3 is 5.76 Å². The van der Waals surface area contributed by atoms with E-state index in [9.17, 15) is 9.18 Å². The molecule has 3 aromatic rings. The van der Waals surface area contributed by atoms with Crippen LogP contribution < -0.4 is 5.76 Å². The van der Waals surface area contributed by atoms with E-state index in [4.69, 9.17) is 4.42 Å². The van der Waals surface area contributed by atoms with Crippen molar-refractivity contribution in [3.63, 3.8) is 0 Å². The van der Waals surface area contributed by atoms with Crippen molar-refractivity contribution in [1.82, 2.24) is 9.88 Å². The lowest BCUT2D eigenvalue weighted by Gasteiger charge is -2.41. The predicted octanol–water partition coefficient (Wildman–Crippen LogP) is 6.57. The molecular weight excluding hydrogens is 423 g/mol. The first-order valence-corrected chi connectivity index (χ1v) is 12.8. The van der Waals surface area contributed by atoms with Crippen LogP contribution in [0.1, 0.15) is 63.9 Å². The first-order valence-electron chi connectivity index (χ1n) is 11.8. The second-order valence-corrected chi connectivity index (χ2v) is 9.91. The van der Waals surface area contributed by atoms with E-state index in [1.807, 2.05) is 36.0 Å². The van der Waals surface area contributed by atoms with Gasteiger partial charge in [0.15, 0.2) is 5.58 Å². The molecule has 1 aliphatic rings. The number of halogens is 1. The number of oxazole rings is 1. The molecule has 0 spiro atoms. The summed E-state index contributed by atoms with van der Waals surface area (Å²) in [5, 5.41) is 0. The molecule has 0 radical (unpaired) electrons. The summed E-state index contributed by atoms with van der Waals surface area (Å²) < 4.78 is 18.5. The van der Waals surface area contributed by atoms with Crippen LogP contribution in [0.4, 0.5) is 4.39 Å². The second-order valence-electron chi connectivity index (χ2n) is 8.81. The zero-order valence-corrected chi connectivity index (χ0v) is 19.8. The quantitative estimate of drug-likeness (QED) is 0.370. The number of H-pyrrole nitrogens is 1. The zero-order valence-electron chi connectivity index (χ0n) is 19.0. The van der Waals surface area contributed by atoms with E-state index >= 15 is 0 Å². The molecule has 4 nitrogen and oxygen atoms in total. The third kappa shape index (κ3) is 5.46. The predicted molar refractivity (Wildman–Crippen MR) is 130 cm³/mol. The smallest absolute Gasteiger partial charge is 0.408 e. The van der Waals surface area contributed by atoms with Gasteiger partial charge in [-0.1, -0.05) is 26.3 Å². The van der Waals surface area contributed by atoms with Gasteiger partial charge in [0.1, 0.15) is 5.82 Å².